The summed E-state index contributed by atoms with van der Waals surface area (Å²) < 4.78 is 0. The van der Waals surface area contributed by atoms with E-state index in [0.717, 1.165) is 12.1 Å². The van der Waals surface area contributed by atoms with Crippen molar-refractivity contribution in [2.75, 3.05) is 0 Å². The van der Waals surface area contributed by atoms with Crippen molar-refractivity contribution in [3.8, 4) is 0 Å². The van der Waals surface area contributed by atoms with Crippen LogP contribution in [0.3, 0.4) is 0 Å². The van der Waals surface area contributed by atoms with Crippen molar-refractivity contribution >= 4 is 17.1 Å². The van der Waals surface area contributed by atoms with E-state index in [1.165, 1.54) is 27.6 Å². The number of aromatic amines is 1. The van der Waals surface area contributed by atoms with Gasteiger partial charge >= 0.3 is 0 Å². The summed E-state index contributed by atoms with van der Waals surface area (Å²) in [6.07, 6.45) is 3.82. The second kappa shape index (κ2) is 7.00. The van der Waals surface area contributed by atoms with Crippen LogP contribution in [0.2, 0.25) is 0 Å². The number of rotatable bonds is 2. The standard InChI is InChI=1S/C11H13N.C10H12N2/c1-8(2)9-3-4-10-6-12-7-11(10)5-9;1-7(2)8-3-4-9-6-11-12-10(9)5-8/h3-5,7-8H,6H2,1-2H3;3-7H,1-2H3,(H,11,12). The molecular formula is C21H25N3. The summed E-state index contributed by atoms with van der Waals surface area (Å²) in [6, 6.07) is 13.1. The largest absolute Gasteiger partial charge is 0.288 e. The van der Waals surface area contributed by atoms with Gasteiger partial charge in [0.25, 0.3) is 0 Å². The fraction of sp³-hybridized carbons (Fsp3) is 0.333. The lowest BCUT2D eigenvalue weighted by Gasteiger charge is -2.06. The first-order valence-corrected chi connectivity index (χ1v) is 8.60. The molecule has 1 N–H and O–H groups in total. The highest BCUT2D eigenvalue weighted by molar-refractivity contribution is 5.84. The molecule has 1 aromatic heterocycles. The fourth-order valence-electron chi connectivity index (χ4n) is 2.79. The van der Waals surface area contributed by atoms with Crippen molar-refractivity contribution in [3.05, 3.63) is 64.8 Å². The summed E-state index contributed by atoms with van der Waals surface area (Å²) in [7, 11) is 0. The van der Waals surface area contributed by atoms with Crippen LogP contribution in [0.1, 0.15) is 61.8 Å². The van der Waals surface area contributed by atoms with E-state index in [-0.39, 0.29) is 0 Å². The number of nitrogens with one attached hydrogen (secondary N) is 1. The lowest BCUT2D eigenvalue weighted by atomic mass is 9.99. The Hall–Kier alpha value is -2.42. The number of aliphatic imine (C=N–C) groups is 1. The fourth-order valence-corrected chi connectivity index (χ4v) is 2.79. The molecule has 3 aromatic rings. The molecule has 0 bridgehead atoms. The van der Waals surface area contributed by atoms with Gasteiger partial charge in [0, 0.05) is 11.6 Å². The molecule has 1 aliphatic heterocycles. The van der Waals surface area contributed by atoms with Gasteiger partial charge in [0.1, 0.15) is 0 Å². The molecule has 3 heteroatoms. The van der Waals surface area contributed by atoms with Crippen LogP contribution in [0.15, 0.2) is 47.6 Å². The van der Waals surface area contributed by atoms with Crippen molar-refractivity contribution in [2.45, 2.75) is 46.1 Å². The smallest absolute Gasteiger partial charge is 0.0653 e. The van der Waals surface area contributed by atoms with Gasteiger partial charge in [-0.25, -0.2) is 0 Å². The molecule has 0 spiro atoms. The molecule has 0 atom stereocenters. The van der Waals surface area contributed by atoms with Crippen LogP contribution in [-0.2, 0) is 6.54 Å². The van der Waals surface area contributed by atoms with Gasteiger partial charge in [0.15, 0.2) is 0 Å². The molecule has 2 heterocycles. The van der Waals surface area contributed by atoms with Gasteiger partial charge < -0.3 is 0 Å². The Morgan fingerprint density at radius 2 is 1.62 bits per heavy atom. The number of hydrogen-bond donors (Lipinski definition) is 1. The maximum Gasteiger partial charge on any atom is 0.0653 e. The Labute approximate surface area is 143 Å². The number of benzene rings is 2. The van der Waals surface area contributed by atoms with Crippen LogP contribution < -0.4 is 0 Å². The van der Waals surface area contributed by atoms with Crippen molar-refractivity contribution in [1.82, 2.24) is 10.2 Å². The summed E-state index contributed by atoms with van der Waals surface area (Å²) in [6.45, 7) is 9.68. The van der Waals surface area contributed by atoms with E-state index >= 15 is 0 Å². The molecule has 0 unspecified atom stereocenters. The molecule has 0 fully saturated rings. The van der Waals surface area contributed by atoms with Crippen molar-refractivity contribution in [2.24, 2.45) is 4.99 Å². The zero-order chi connectivity index (χ0) is 17.1. The summed E-state index contributed by atoms with van der Waals surface area (Å²) in [4.78, 5) is 4.23. The highest BCUT2D eigenvalue weighted by Gasteiger charge is 2.07. The number of H-pyrrole nitrogens is 1. The molecular weight excluding hydrogens is 294 g/mol. The van der Waals surface area contributed by atoms with Crippen LogP contribution in [0.4, 0.5) is 0 Å². The molecule has 2 aromatic carbocycles. The normalized spacial score (nSPS) is 12.6. The molecule has 0 saturated carbocycles. The van der Waals surface area contributed by atoms with E-state index in [4.69, 9.17) is 0 Å². The van der Waals surface area contributed by atoms with Gasteiger partial charge in [0.2, 0.25) is 0 Å². The minimum Gasteiger partial charge on any atom is -0.288 e. The monoisotopic (exact) mass is 319 g/mol. The molecule has 3 nitrogen and oxygen atoms in total. The highest BCUT2D eigenvalue weighted by Crippen LogP contribution is 2.21. The maximum atomic E-state index is 4.23. The lowest BCUT2D eigenvalue weighted by Crippen LogP contribution is -1.91. The average molecular weight is 319 g/mol. The summed E-state index contributed by atoms with van der Waals surface area (Å²) in [5.74, 6) is 1.20. The van der Waals surface area contributed by atoms with Crippen LogP contribution in [-0.4, -0.2) is 16.4 Å². The van der Waals surface area contributed by atoms with E-state index < -0.39 is 0 Å². The first-order chi connectivity index (χ1) is 11.5. The molecule has 124 valence electrons. The van der Waals surface area contributed by atoms with E-state index in [2.05, 4.69) is 79.3 Å². The third-order valence-corrected chi connectivity index (χ3v) is 4.46. The van der Waals surface area contributed by atoms with Gasteiger partial charge in [-0.2, -0.15) is 5.10 Å². The molecule has 0 saturated heterocycles. The first-order valence-electron chi connectivity index (χ1n) is 8.60. The molecule has 1 aliphatic rings. The van der Waals surface area contributed by atoms with Gasteiger partial charge in [-0.3, -0.25) is 10.1 Å². The van der Waals surface area contributed by atoms with Crippen molar-refractivity contribution in [3.63, 3.8) is 0 Å². The van der Waals surface area contributed by atoms with Crippen LogP contribution >= 0.6 is 0 Å². The summed E-state index contributed by atoms with van der Waals surface area (Å²) in [5.41, 5.74) is 6.55. The number of hydrogen-bond acceptors (Lipinski definition) is 2. The Morgan fingerprint density at radius 1 is 0.917 bits per heavy atom. The second-order valence-electron chi connectivity index (χ2n) is 6.95. The molecule has 4 rings (SSSR count). The predicted octanol–water partition coefficient (Wildman–Crippen LogP) is 5.43. The Morgan fingerprint density at radius 3 is 2.38 bits per heavy atom. The Balaban J connectivity index is 0.000000141. The van der Waals surface area contributed by atoms with Crippen LogP contribution in [0.5, 0.6) is 0 Å². The zero-order valence-corrected chi connectivity index (χ0v) is 14.9. The Bertz CT molecular complexity index is 856. The van der Waals surface area contributed by atoms with Gasteiger partial charge in [-0.05, 0) is 46.2 Å². The predicted molar refractivity (Wildman–Crippen MR) is 102 cm³/mol. The average Bonchev–Trinajstić information content (AvgIpc) is 3.22. The highest BCUT2D eigenvalue weighted by atomic mass is 15.1. The second-order valence-corrected chi connectivity index (χ2v) is 6.95. The maximum absolute atomic E-state index is 4.23. The Kier molecular flexibility index (Phi) is 4.79. The quantitative estimate of drug-likeness (QED) is 0.672. The number of fused-ring (bicyclic) bond motifs is 2. The zero-order valence-electron chi connectivity index (χ0n) is 14.9. The third kappa shape index (κ3) is 3.56. The van der Waals surface area contributed by atoms with Crippen LogP contribution in [0.25, 0.3) is 10.9 Å². The third-order valence-electron chi connectivity index (χ3n) is 4.46. The van der Waals surface area contributed by atoms with E-state index in [1.54, 1.807) is 0 Å². The number of aromatic nitrogens is 2. The molecule has 0 aliphatic carbocycles. The van der Waals surface area contributed by atoms with Crippen molar-refractivity contribution in [1.29, 1.82) is 0 Å². The number of nitrogens with zero attached hydrogens (tertiary/aromatic N) is 2. The van der Waals surface area contributed by atoms with Gasteiger partial charge in [0.05, 0.1) is 18.3 Å². The molecule has 0 radical (unpaired) electrons. The first kappa shape index (κ1) is 16.4. The summed E-state index contributed by atoms with van der Waals surface area (Å²) >= 11 is 0. The van der Waals surface area contributed by atoms with Gasteiger partial charge in [-0.1, -0.05) is 52.0 Å². The van der Waals surface area contributed by atoms with E-state index in [1.807, 2.05) is 12.4 Å². The van der Waals surface area contributed by atoms with Crippen LogP contribution in [0, 0.1) is 0 Å². The SMILES string of the molecule is CC(C)c1ccc2c(c1)C=NC2.CC(C)c1ccc2cn[nH]c2c1. The summed E-state index contributed by atoms with van der Waals surface area (Å²) in [5, 5.41) is 8.12. The molecule has 0 amide bonds. The lowest BCUT2D eigenvalue weighted by molar-refractivity contribution is 0.865. The minimum atomic E-state index is 0.581. The van der Waals surface area contributed by atoms with Gasteiger partial charge in [-0.15, -0.1) is 0 Å². The van der Waals surface area contributed by atoms with Crippen molar-refractivity contribution < 1.29 is 0 Å². The minimum absolute atomic E-state index is 0.581. The molecule has 24 heavy (non-hydrogen) atoms. The van der Waals surface area contributed by atoms with E-state index in [0.29, 0.717) is 11.8 Å². The topological polar surface area (TPSA) is 41.0 Å². The van der Waals surface area contributed by atoms with E-state index in [9.17, 15) is 0 Å².